The van der Waals surface area contributed by atoms with Gasteiger partial charge in [-0.3, -0.25) is 0 Å². The largest absolute Gasteiger partial charge is 0.369 e. The topological polar surface area (TPSA) is 49.4 Å². The lowest BCUT2D eigenvalue weighted by atomic mass is 9.97. The smallest absolute Gasteiger partial charge is 0.175 e. The van der Waals surface area contributed by atoms with Crippen LogP contribution in [0.3, 0.4) is 0 Å². The summed E-state index contributed by atoms with van der Waals surface area (Å²) in [4.78, 5) is 2.04. The zero-order chi connectivity index (χ0) is 14.8. The van der Waals surface area contributed by atoms with E-state index in [0.29, 0.717) is 11.6 Å². The third-order valence-corrected chi connectivity index (χ3v) is 4.81. The van der Waals surface area contributed by atoms with Crippen molar-refractivity contribution in [3.8, 4) is 0 Å². The Kier molecular flexibility index (Phi) is 4.65. The van der Waals surface area contributed by atoms with E-state index in [4.69, 9.17) is 0 Å². The molecular weight excluding hydrogens is 279 g/mol. The van der Waals surface area contributed by atoms with Gasteiger partial charge in [0.1, 0.15) is 5.82 Å². The minimum absolute atomic E-state index is 0.0301. The van der Waals surface area contributed by atoms with Gasteiger partial charge in [0, 0.05) is 19.3 Å². The van der Waals surface area contributed by atoms with Crippen LogP contribution < -0.4 is 10.2 Å². The summed E-state index contributed by atoms with van der Waals surface area (Å²) in [5.74, 6) is 0.0424. The number of sulfone groups is 1. The molecule has 6 heteroatoms. The highest BCUT2D eigenvalue weighted by Crippen LogP contribution is 2.27. The van der Waals surface area contributed by atoms with Gasteiger partial charge in [-0.2, -0.15) is 0 Å². The number of benzene rings is 1. The average Bonchev–Trinajstić information content (AvgIpc) is 2.38. The number of nitrogens with one attached hydrogen (secondary N) is 1. The van der Waals surface area contributed by atoms with Crippen molar-refractivity contribution >= 4 is 15.5 Å². The number of anilines is 1. The summed E-state index contributed by atoms with van der Waals surface area (Å²) in [6.07, 6.45) is 3.26. The van der Waals surface area contributed by atoms with Crippen LogP contribution in [0.15, 0.2) is 23.1 Å². The molecule has 1 aliphatic heterocycles. The molecule has 1 aromatic rings. The number of rotatable bonds is 4. The second-order valence-electron chi connectivity index (χ2n) is 5.40. The molecule has 4 nitrogen and oxygen atoms in total. The first kappa shape index (κ1) is 15.3. The SMILES string of the molecule is CNCC1CCCN(c2ccc(S(C)(=O)=O)cc2F)C1. The van der Waals surface area contributed by atoms with Crippen molar-refractivity contribution in [2.75, 3.05) is 37.8 Å². The zero-order valence-corrected chi connectivity index (χ0v) is 12.7. The molecule has 1 aromatic carbocycles. The van der Waals surface area contributed by atoms with E-state index in [1.54, 1.807) is 6.07 Å². The van der Waals surface area contributed by atoms with Crippen molar-refractivity contribution in [3.63, 3.8) is 0 Å². The average molecular weight is 300 g/mol. The van der Waals surface area contributed by atoms with E-state index in [-0.39, 0.29) is 4.90 Å². The van der Waals surface area contributed by atoms with Crippen LogP contribution in [0.5, 0.6) is 0 Å². The molecule has 112 valence electrons. The minimum atomic E-state index is -3.36. The van der Waals surface area contributed by atoms with Gasteiger partial charge in [0.05, 0.1) is 10.6 Å². The molecule has 0 aromatic heterocycles. The molecule has 1 atom stereocenters. The van der Waals surface area contributed by atoms with E-state index in [1.165, 1.54) is 6.07 Å². The Hall–Kier alpha value is -1.14. The maximum Gasteiger partial charge on any atom is 0.175 e. The summed E-state index contributed by atoms with van der Waals surface area (Å²) < 4.78 is 37.0. The fourth-order valence-electron chi connectivity index (χ4n) is 2.71. The molecule has 0 radical (unpaired) electrons. The van der Waals surface area contributed by atoms with Gasteiger partial charge in [-0.25, -0.2) is 12.8 Å². The van der Waals surface area contributed by atoms with Crippen molar-refractivity contribution < 1.29 is 12.8 Å². The van der Waals surface area contributed by atoms with Crippen LogP contribution in [0.1, 0.15) is 12.8 Å². The molecule has 1 heterocycles. The standard InChI is InChI=1S/C14H21FN2O2S/c1-16-9-11-4-3-7-17(10-11)14-6-5-12(8-13(14)15)20(2,18)19/h5-6,8,11,16H,3-4,7,9-10H2,1-2H3. The monoisotopic (exact) mass is 300 g/mol. The van der Waals surface area contributed by atoms with Crippen LogP contribution in [-0.2, 0) is 9.84 Å². The first-order chi connectivity index (χ1) is 9.41. The Morgan fingerprint density at radius 1 is 1.45 bits per heavy atom. The Balaban J connectivity index is 2.20. The fourth-order valence-corrected chi connectivity index (χ4v) is 3.35. The number of nitrogens with zero attached hydrogens (tertiary/aromatic N) is 1. The van der Waals surface area contributed by atoms with Crippen LogP contribution >= 0.6 is 0 Å². The summed E-state index contributed by atoms with van der Waals surface area (Å²) >= 11 is 0. The third-order valence-electron chi connectivity index (χ3n) is 3.70. The van der Waals surface area contributed by atoms with Crippen LogP contribution in [-0.4, -0.2) is 41.4 Å². The number of hydrogen-bond acceptors (Lipinski definition) is 4. The van der Waals surface area contributed by atoms with Gasteiger partial charge in [-0.05, 0) is 50.6 Å². The van der Waals surface area contributed by atoms with Crippen molar-refractivity contribution in [2.45, 2.75) is 17.7 Å². The minimum Gasteiger partial charge on any atom is -0.369 e. The summed E-state index contributed by atoms with van der Waals surface area (Å²) in [5.41, 5.74) is 0.498. The van der Waals surface area contributed by atoms with E-state index in [1.807, 2.05) is 11.9 Å². The molecular formula is C14H21FN2O2S. The molecule has 20 heavy (non-hydrogen) atoms. The van der Waals surface area contributed by atoms with E-state index in [0.717, 1.165) is 44.8 Å². The van der Waals surface area contributed by atoms with Crippen molar-refractivity contribution in [1.29, 1.82) is 0 Å². The highest BCUT2D eigenvalue weighted by atomic mass is 32.2. The van der Waals surface area contributed by atoms with E-state index < -0.39 is 15.7 Å². The lowest BCUT2D eigenvalue weighted by Crippen LogP contribution is -2.39. The van der Waals surface area contributed by atoms with Crippen molar-refractivity contribution in [2.24, 2.45) is 5.92 Å². The zero-order valence-electron chi connectivity index (χ0n) is 11.9. The summed E-state index contributed by atoms with van der Waals surface area (Å²) in [5, 5.41) is 3.15. The van der Waals surface area contributed by atoms with Gasteiger partial charge < -0.3 is 10.2 Å². The summed E-state index contributed by atoms with van der Waals surface area (Å²) in [6.45, 7) is 2.53. The Morgan fingerprint density at radius 2 is 2.20 bits per heavy atom. The molecule has 1 fully saturated rings. The van der Waals surface area contributed by atoms with Crippen molar-refractivity contribution in [1.82, 2.24) is 5.32 Å². The number of piperidine rings is 1. The molecule has 0 saturated carbocycles. The van der Waals surface area contributed by atoms with Gasteiger partial charge in [-0.15, -0.1) is 0 Å². The molecule has 1 aliphatic rings. The van der Waals surface area contributed by atoms with Gasteiger partial charge in [0.25, 0.3) is 0 Å². The van der Waals surface area contributed by atoms with Gasteiger partial charge in [0.15, 0.2) is 9.84 Å². The quantitative estimate of drug-likeness (QED) is 0.919. The second-order valence-corrected chi connectivity index (χ2v) is 7.41. The van der Waals surface area contributed by atoms with Crippen LogP contribution in [0.2, 0.25) is 0 Å². The van der Waals surface area contributed by atoms with Gasteiger partial charge in [0.2, 0.25) is 0 Å². The molecule has 1 unspecified atom stereocenters. The predicted octanol–water partition coefficient (Wildman–Crippen LogP) is 1.67. The normalized spacial score (nSPS) is 20.1. The maximum absolute atomic E-state index is 14.2. The highest BCUT2D eigenvalue weighted by molar-refractivity contribution is 7.90. The van der Waals surface area contributed by atoms with Crippen LogP contribution in [0.4, 0.5) is 10.1 Å². The van der Waals surface area contributed by atoms with E-state index in [9.17, 15) is 12.8 Å². The fraction of sp³-hybridized carbons (Fsp3) is 0.571. The lowest BCUT2D eigenvalue weighted by Gasteiger charge is -2.34. The molecule has 1 N–H and O–H groups in total. The first-order valence-corrected chi connectivity index (χ1v) is 8.70. The van der Waals surface area contributed by atoms with E-state index >= 15 is 0 Å². The molecule has 1 saturated heterocycles. The van der Waals surface area contributed by atoms with E-state index in [2.05, 4.69) is 5.32 Å². The molecule has 0 bridgehead atoms. The lowest BCUT2D eigenvalue weighted by molar-refractivity contribution is 0.400. The predicted molar refractivity (Wildman–Crippen MR) is 78.4 cm³/mol. The Morgan fingerprint density at radius 3 is 2.80 bits per heavy atom. The molecule has 2 rings (SSSR count). The number of hydrogen-bond donors (Lipinski definition) is 1. The van der Waals surface area contributed by atoms with Crippen LogP contribution in [0.25, 0.3) is 0 Å². The van der Waals surface area contributed by atoms with Gasteiger partial charge >= 0.3 is 0 Å². The molecule has 0 amide bonds. The Labute approximate surface area is 119 Å². The summed E-state index contributed by atoms with van der Waals surface area (Å²) in [7, 11) is -1.44. The number of halogens is 1. The van der Waals surface area contributed by atoms with Gasteiger partial charge in [-0.1, -0.05) is 0 Å². The summed E-state index contributed by atoms with van der Waals surface area (Å²) in [6, 6.07) is 4.18. The Bertz CT molecular complexity index is 573. The second kappa shape index (κ2) is 6.10. The molecule has 0 spiro atoms. The maximum atomic E-state index is 14.2. The highest BCUT2D eigenvalue weighted by Gasteiger charge is 2.22. The first-order valence-electron chi connectivity index (χ1n) is 6.81. The van der Waals surface area contributed by atoms with Crippen LogP contribution in [0, 0.1) is 11.7 Å². The molecule has 0 aliphatic carbocycles. The third kappa shape index (κ3) is 3.49. The van der Waals surface area contributed by atoms with Crippen molar-refractivity contribution in [3.05, 3.63) is 24.0 Å².